The van der Waals surface area contributed by atoms with Crippen LogP contribution >= 0.6 is 0 Å². The van der Waals surface area contributed by atoms with Crippen molar-refractivity contribution in [3.63, 3.8) is 0 Å². The van der Waals surface area contributed by atoms with E-state index in [-0.39, 0.29) is 17.6 Å². The van der Waals surface area contributed by atoms with Gasteiger partial charge in [0, 0.05) is 19.7 Å². The van der Waals surface area contributed by atoms with Crippen LogP contribution in [0.1, 0.15) is 13.8 Å². The lowest BCUT2D eigenvalue weighted by Crippen LogP contribution is -2.38. The number of likely N-dealkylation sites (N-methyl/N-ethyl adjacent to an activating group) is 1. The average molecular weight is 292 g/mol. The Labute approximate surface area is 120 Å². The van der Waals surface area contributed by atoms with Gasteiger partial charge in [0.15, 0.2) is 5.58 Å². The SMILES string of the molecule is CCN(C)C(=O)C(C)Nc1nc2ccc([N+](=O)[O-])cc2o1. The third-order valence-corrected chi connectivity index (χ3v) is 3.14. The van der Waals surface area contributed by atoms with Crippen LogP contribution in [0.2, 0.25) is 0 Å². The van der Waals surface area contributed by atoms with E-state index >= 15 is 0 Å². The van der Waals surface area contributed by atoms with Gasteiger partial charge in [-0.05, 0) is 19.9 Å². The van der Waals surface area contributed by atoms with E-state index in [1.165, 1.54) is 18.2 Å². The number of nitrogens with one attached hydrogen (secondary N) is 1. The van der Waals surface area contributed by atoms with Gasteiger partial charge in [0.2, 0.25) is 5.91 Å². The number of aromatic nitrogens is 1. The molecule has 0 fully saturated rings. The topological polar surface area (TPSA) is 102 Å². The van der Waals surface area contributed by atoms with Crippen LogP contribution in [0.5, 0.6) is 0 Å². The number of amides is 1. The highest BCUT2D eigenvalue weighted by molar-refractivity contribution is 5.84. The average Bonchev–Trinajstić information content (AvgIpc) is 2.86. The molecule has 0 bridgehead atoms. The second-order valence-electron chi connectivity index (χ2n) is 4.65. The van der Waals surface area contributed by atoms with Crippen molar-refractivity contribution in [2.45, 2.75) is 19.9 Å². The summed E-state index contributed by atoms with van der Waals surface area (Å²) >= 11 is 0. The third-order valence-electron chi connectivity index (χ3n) is 3.14. The molecule has 2 aromatic rings. The van der Waals surface area contributed by atoms with E-state index in [9.17, 15) is 14.9 Å². The summed E-state index contributed by atoms with van der Waals surface area (Å²) in [5, 5.41) is 13.6. The summed E-state index contributed by atoms with van der Waals surface area (Å²) in [5.74, 6) is -0.0919. The number of benzene rings is 1. The zero-order valence-corrected chi connectivity index (χ0v) is 12.0. The van der Waals surface area contributed by atoms with Crippen LogP contribution in [-0.2, 0) is 4.79 Å². The van der Waals surface area contributed by atoms with Gasteiger partial charge >= 0.3 is 0 Å². The number of non-ortho nitro benzene ring substituents is 1. The number of carbonyl (C=O) groups is 1. The molecule has 0 spiro atoms. The number of nitrogens with zero attached hydrogens (tertiary/aromatic N) is 3. The van der Waals surface area contributed by atoms with Crippen molar-refractivity contribution in [1.82, 2.24) is 9.88 Å². The molecule has 8 nitrogen and oxygen atoms in total. The Morgan fingerprint density at radius 2 is 2.29 bits per heavy atom. The number of hydrogen-bond acceptors (Lipinski definition) is 6. The van der Waals surface area contributed by atoms with Gasteiger partial charge in [-0.25, -0.2) is 0 Å². The monoisotopic (exact) mass is 292 g/mol. The third kappa shape index (κ3) is 3.10. The lowest BCUT2D eigenvalue weighted by atomic mass is 10.3. The van der Waals surface area contributed by atoms with Gasteiger partial charge in [-0.1, -0.05) is 0 Å². The number of fused-ring (bicyclic) bond motifs is 1. The number of nitro benzene ring substituents is 1. The van der Waals surface area contributed by atoms with Crippen LogP contribution in [0.4, 0.5) is 11.7 Å². The first kappa shape index (κ1) is 14.8. The van der Waals surface area contributed by atoms with Gasteiger partial charge < -0.3 is 14.6 Å². The molecule has 1 amide bonds. The summed E-state index contributed by atoms with van der Waals surface area (Å²) in [6, 6.07) is 3.83. The smallest absolute Gasteiger partial charge is 0.296 e. The van der Waals surface area contributed by atoms with Crippen LogP contribution in [0, 0.1) is 10.1 Å². The molecule has 1 N–H and O–H groups in total. The van der Waals surface area contributed by atoms with Crippen LogP contribution < -0.4 is 5.32 Å². The molecule has 21 heavy (non-hydrogen) atoms. The van der Waals surface area contributed by atoms with Crippen molar-refractivity contribution >= 4 is 28.7 Å². The molecule has 1 aromatic heterocycles. The number of rotatable bonds is 5. The highest BCUT2D eigenvalue weighted by Gasteiger charge is 2.19. The maximum atomic E-state index is 11.9. The summed E-state index contributed by atoms with van der Waals surface area (Å²) in [6.07, 6.45) is 0. The number of nitro groups is 1. The molecule has 0 aliphatic carbocycles. The lowest BCUT2D eigenvalue weighted by Gasteiger charge is -2.19. The van der Waals surface area contributed by atoms with Crippen LogP contribution in [0.25, 0.3) is 11.1 Å². The van der Waals surface area contributed by atoms with Crippen molar-refractivity contribution in [3.05, 3.63) is 28.3 Å². The molecule has 1 aromatic carbocycles. The van der Waals surface area contributed by atoms with Gasteiger partial charge in [0.05, 0.1) is 11.0 Å². The van der Waals surface area contributed by atoms with Crippen molar-refractivity contribution in [1.29, 1.82) is 0 Å². The Hall–Kier alpha value is -2.64. The highest BCUT2D eigenvalue weighted by Crippen LogP contribution is 2.24. The quantitative estimate of drug-likeness (QED) is 0.668. The van der Waals surface area contributed by atoms with E-state index < -0.39 is 11.0 Å². The fourth-order valence-corrected chi connectivity index (χ4v) is 1.82. The first-order valence-corrected chi connectivity index (χ1v) is 6.49. The van der Waals surface area contributed by atoms with E-state index in [1.54, 1.807) is 18.9 Å². The maximum absolute atomic E-state index is 11.9. The molecule has 112 valence electrons. The zero-order chi connectivity index (χ0) is 15.6. The minimum Gasteiger partial charge on any atom is -0.423 e. The van der Waals surface area contributed by atoms with Gasteiger partial charge in [0.1, 0.15) is 11.6 Å². The van der Waals surface area contributed by atoms with E-state index in [0.29, 0.717) is 17.6 Å². The zero-order valence-electron chi connectivity index (χ0n) is 12.0. The second kappa shape index (κ2) is 5.78. The molecule has 1 unspecified atom stereocenters. The summed E-state index contributed by atoms with van der Waals surface area (Å²) in [6.45, 7) is 4.18. The molecule has 1 atom stereocenters. The van der Waals surface area contributed by atoms with Crippen LogP contribution in [0.15, 0.2) is 22.6 Å². The molecule has 0 aliphatic rings. The van der Waals surface area contributed by atoms with Gasteiger partial charge in [-0.15, -0.1) is 0 Å². The van der Waals surface area contributed by atoms with Gasteiger partial charge in [-0.3, -0.25) is 14.9 Å². The van der Waals surface area contributed by atoms with E-state index in [1.807, 2.05) is 6.92 Å². The first-order chi connectivity index (χ1) is 9.92. The number of carbonyl (C=O) groups excluding carboxylic acids is 1. The lowest BCUT2D eigenvalue weighted by molar-refractivity contribution is -0.384. The standard InChI is InChI=1S/C13H16N4O4/c1-4-16(3)12(18)8(2)14-13-15-10-6-5-9(17(19)20)7-11(10)21-13/h5-8H,4H2,1-3H3,(H,14,15). The predicted molar refractivity (Wildman–Crippen MR) is 77.1 cm³/mol. The number of oxazole rings is 1. The molecular formula is C13H16N4O4. The minimum atomic E-state index is -0.503. The summed E-state index contributed by atoms with van der Waals surface area (Å²) in [4.78, 5) is 27.9. The fraction of sp³-hybridized carbons (Fsp3) is 0.385. The normalized spacial score (nSPS) is 12.1. The molecule has 0 saturated heterocycles. The minimum absolute atomic E-state index is 0.0694. The van der Waals surface area contributed by atoms with Crippen molar-refractivity contribution in [2.24, 2.45) is 0 Å². The fourth-order valence-electron chi connectivity index (χ4n) is 1.82. The summed E-state index contributed by atoms with van der Waals surface area (Å²) < 4.78 is 5.40. The Bertz CT molecular complexity index is 682. The predicted octanol–water partition coefficient (Wildman–Crippen LogP) is 2.01. The molecule has 2 rings (SSSR count). The maximum Gasteiger partial charge on any atom is 0.296 e. The van der Waals surface area contributed by atoms with Crippen LogP contribution in [-0.4, -0.2) is 40.3 Å². The summed E-state index contributed by atoms with van der Waals surface area (Å²) in [7, 11) is 1.70. The largest absolute Gasteiger partial charge is 0.423 e. The first-order valence-electron chi connectivity index (χ1n) is 6.49. The van der Waals surface area contributed by atoms with Crippen molar-refractivity contribution < 1.29 is 14.1 Å². The highest BCUT2D eigenvalue weighted by atomic mass is 16.6. The molecular weight excluding hydrogens is 276 g/mol. The Balaban J connectivity index is 2.19. The van der Waals surface area contributed by atoms with E-state index in [0.717, 1.165) is 0 Å². The van der Waals surface area contributed by atoms with Crippen molar-refractivity contribution in [2.75, 3.05) is 18.9 Å². The molecule has 0 saturated carbocycles. The van der Waals surface area contributed by atoms with E-state index in [4.69, 9.17) is 4.42 Å². The van der Waals surface area contributed by atoms with Gasteiger partial charge in [-0.2, -0.15) is 4.98 Å². The van der Waals surface area contributed by atoms with E-state index in [2.05, 4.69) is 10.3 Å². The van der Waals surface area contributed by atoms with Crippen LogP contribution in [0.3, 0.4) is 0 Å². The Morgan fingerprint density at radius 1 is 1.57 bits per heavy atom. The molecule has 0 radical (unpaired) electrons. The molecule has 1 heterocycles. The Kier molecular flexibility index (Phi) is 4.06. The Morgan fingerprint density at radius 3 is 2.90 bits per heavy atom. The van der Waals surface area contributed by atoms with Crippen molar-refractivity contribution in [3.8, 4) is 0 Å². The molecule has 8 heteroatoms. The second-order valence-corrected chi connectivity index (χ2v) is 4.65. The summed E-state index contributed by atoms with van der Waals surface area (Å²) in [5.41, 5.74) is 0.724. The molecule has 0 aliphatic heterocycles. The van der Waals surface area contributed by atoms with Gasteiger partial charge in [0.25, 0.3) is 11.7 Å². The number of hydrogen-bond donors (Lipinski definition) is 1. The number of anilines is 1.